The molecule has 1 aliphatic heterocycles. The van der Waals surface area contributed by atoms with E-state index in [2.05, 4.69) is 0 Å². The Kier molecular flexibility index (Phi) is 3.53. The van der Waals surface area contributed by atoms with Crippen LogP contribution in [0.5, 0.6) is 0 Å². The first-order valence-electron chi connectivity index (χ1n) is 6.18. The molecule has 1 heterocycles. The van der Waals surface area contributed by atoms with Gasteiger partial charge in [-0.25, -0.2) is 4.90 Å². The number of para-hydroxylation sites is 1. The standard InChI is InChI=1S/C16H9Cl2NO2/c17-13-7-6-10(8-14(13)18)12-9-15(20)19(16(12)21)11-4-2-1-3-5-11/h1-9H. The van der Waals surface area contributed by atoms with Crippen LogP contribution in [0.4, 0.5) is 5.69 Å². The van der Waals surface area contributed by atoms with E-state index in [1.165, 1.54) is 6.08 Å². The van der Waals surface area contributed by atoms with E-state index in [1.54, 1.807) is 42.5 Å². The highest BCUT2D eigenvalue weighted by atomic mass is 35.5. The summed E-state index contributed by atoms with van der Waals surface area (Å²) in [4.78, 5) is 25.7. The zero-order valence-corrected chi connectivity index (χ0v) is 12.2. The fourth-order valence-electron chi connectivity index (χ4n) is 2.16. The van der Waals surface area contributed by atoms with E-state index in [0.717, 1.165) is 4.90 Å². The quantitative estimate of drug-likeness (QED) is 0.786. The summed E-state index contributed by atoms with van der Waals surface area (Å²) in [6, 6.07) is 13.6. The van der Waals surface area contributed by atoms with Gasteiger partial charge < -0.3 is 0 Å². The highest BCUT2D eigenvalue weighted by molar-refractivity contribution is 6.45. The smallest absolute Gasteiger partial charge is 0.266 e. The van der Waals surface area contributed by atoms with E-state index in [-0.39, 0.29) is 11.8 Å². The summed E-state index contributed by atoms with van der Waals surface area (Å²) in [7, 11) is 0. The van der Waals surface area contributed by atoms with Gasteiger partial charge >= 0.3 is 0 Å². The Morgan fingerprint density at radius 2 is 1.57 bits per heavy atom. The minimum absolute atomic E-state index is 0.308. The number of nitrogens with zero attached hydrogens (tertiary/aromatic N) is 1. The number of benzene rings is 2. The third-order valence-corrected chi connectivity index (χ3v) is 3.91. The first-order chi connectivity index (χ1) is 10.1. The second-order valence-corrected chi connectivity index (χ2v) is 5.32. The van der Waals surface area contributed by atoms with E-state index >= 15 is 0 Å². The number of amides is 2. The van der Waals surface area contributed by atoms with Crippen molar-refractivity contribution in [1.29, 1.82) is 0 Å². The predicted octanol–water partition coefficient (Wildman–Crippen LogP) is 3.95. The fraction of sp³-hybridized carbons (Fsp3) is 0. The minimum Gasteiger partial charge on any atom is -0.269 e. The van der Waals surface area contributed by atoms with Gasteiger partial charge in [-0.1, -0.05) is 47.5 Å². The molecule has 21 heavy (non-hydrogen) atoms. The summed E-state index contributed by atoms with van der Waals surface area (Å²) in [5.41, 5.74) is 1.42. The normalized spacial score (nSPS) is 14.6. The average molecular weight is 318 g/mol. The third-order valence-electron chi connectivity index (χ3n) is 3.17. The van der Waals surface area contributed by atoms with Crippen molar-refractivity contribution in [2.75, 3.05) is 4.90 Å². The van der Waals surface area contributed by atoms with E-state index in [4.69, 9.17) is 23.2 Å². The summed E-state index contributed by atoms with van der Waals surface area (Å²) in [6.07, 6.45) is 1.31. The predicted molar refractivity (Wildman–Crippen MR) is 83.4 cm³/mol. The Hall–Kier alpha value is -2.10. The zero-order chi connectivity index (χ0) is 15.0. The van der Waals surface area contributed by atoms with Gasteiger partial charge in [0.05, 0.1) is 21.3 Å². The first kappa shape index (κ1) is 13.9. The molecule has 2 aromatic carbocycles. The summed E-state index contributed by atoms with van der Waals surface area (Å²) >= 11 is 11.8. The SMILES string of the molecule is O=C1C=C(c2ccc(Cl)c(Cl)c2)C(=O)N1c1ccccc1. The van der Waals surface area contributed by atoms with Crippen LogP contribution < -0.4 is 4.90 Å². The summed E-state index contributed by atoms with van der Waals surface area (Å²) in [5.74, 6) is -0.739. The molecule has 0 aliphatic carbocycles. The van der Waals surface area contributed by atoms with Crippen LogP contribution >= 0.6 is 23.2 Å². The van der Waals surface area contributed by atoms with Crippen LogP contribution in [-0.4, -0.2) is 11.8 Å². The van der Waals surface area contributed by atoms with Crippen LogP contribution in [0.2, 0.25) is 10.0 Å². The largest absolute Gasteiger partial charge is 0.269 e. The van der Waals surface area contributed by atoms with Crippen molar-refractivity contribution in [3.8, 4) is 0 Å². The van der Waals surface area contributed by atoms with Crippen molar-refractivity contribution in [2.24, 2.45) is 0 Å². The average Bonchev–Trinajstić information content (AvgIpc) is 2.78. The number of hydrogen-bond donors (Lipinski definition) is 0. The number of imide groups is 1. The molecule has 3 rings (SSSR count). The van der Waals surface area contributed by atoms with Gasteiger partial charge in [-0.15, -0.1) is 0 Å². The van der Waals surface area contributed by atoms with Crippen molar-refractivity contribution in [2.45, 2.75) is 0 Å². The van der Waals surface area contributed by atoms with E-state index in [0.29, 0.717) is 26.9 Å². The van der Waals surface area contributed by atoms with Gasteiger partial charge in [0.2, 0.25) is 0 Å². The van der Waals surface area contributed by atoms with Gasteiger partial charge in [0.25, 0.3) is 11.8 Å². The molecule has 0 N–H and O–H groups in total. The topological polar surface area (TPSA) is 37.4 Å². The molecule has 3 nitrogen and oxygen atoms in total. The maximum Gasteiger partial charge on any atom is 0.266 e. The number of carbonyl (C=O) groups is 2. The van der Waals surface area contributed by atoms with Gasteiger partial charge in [0.15, 0.2) is 0 Å². The molecule has 104 valence electrons. The van der Waals surface area contributed by atoms with Crippen LogP contribution in [-0.2, 0) is 9.59 Å². The lowest BCUT2D eigenvalue weighted by Gasteiger charge is -2.14. The zero-order valence-electron chi connectivity index (χ0n) is 10.7. The molecule has 5 heteroatoms. The van der Waals surface area contributed by atoms with Crippen molar-refractivity contribution < 1.29 is 9.59 Å². The van der Waals surface area contributed by atoms with Crippen molar-refractivity contribution in [1.82, 2.24) is 0 Å². The highest BCUT2D eigenvalue weighted by Crippen LogP contribution is 2.31. The van der Waals surface area contributed by atoms with Gasteiger partial charge in [0, 0.05) is 6.08 Å². The van der Waals surface area contributed by atoms with E-state index in [1.807, 2.05) is 6.07 Å². The highest BCUT2D eigenvalue weighted by Gasteiger charge is 2.33. The molecule has 0 saturated heterocycles. The van der Waals surface area contributed by atoms with Gasteiger partial charge in [-0.2, -0.15) is 0 Å². The minimum atomic E-state index is -0.371. The van der Waals surface area contributed by atoms with Crippen molar-refractivity contribution in [3.63, 3.8) is 0 Å². The molecule has 0 saturated carbocycles. The molecule has 0 aromatic heterocycles. The number of rotatable bonds is 2. The molecule has 0 fully saturated rings. The molecule has 1 aliphatic rings. The van der Waals surface area contributed by atoms with E-state index in [9.17, 15) is 9.59 Å². The Morgan fingerprint density at radius 1 is 0.857 bits per heavy atom. The lowest BCUT2D eigenvalue weighted by atomic mass is 10.1. The van der Waals surface area contributed by atoms with Crippen molar-refractivity contribution in [3.05, 3.63) is 70.2 Å². The van der Waals surface area contributed by atoms with E-state index < -0.39 is 0 Å². The van der Waals surface area contributed by atoms with Crippen LogP contribution in [0, 0.1) is 0 Å². The molecule has 0 spiro atoms. The Bertz CT molecular complexity index is 769. The maximum atomic E-state index is 12.5. The van der Waals surface area contributed by atoms with Gasteiger partial charge in [-0.3, -0.25) is 9.59 Å². The van der Waals surface area contributed by atoms with Crippen LogP contribution in [0.15, 0.2) is 54.6 Å². The lowest BCUT2D eigenvalue weighted by molar-refractivity contribution is -0.119. The maximum absolute atomic E-state index is 12.5. The van der Waals surface area contributed by atoms with Crippen LogP contribution in [0.25, 0.3) is 5.57 Å². The molecule has 0 radical (unpaired) electrons. The molecule has 2 amide bonds. The first-order valence-corrected chi connectivity index (χ1v) is 6.94. The summed E-state index contributed by atoms with van der Waals surface area (Å²) < 4.78 is 0. The number of halogens is 2. The van der Waals surface area contributed by atoms with Gasteiger partial charge in [0.1, 0.15) is 0 Å². The molecule has 0 bridgehead atoms. The Balaban J connectivity index is 1.99. The lowest BCUT2D eigenvalue weighted by Crippen LogP contribution is -2.30. The summed E-state index contributed by atoms with van der Waals surface area (Å²) in [5, 5.41) is 0.742. The second kappa shape index (κ2) is 5.35. The van der Waals surface area contributed by atoms with Gasteiger partial charge in [-0.05, 0) is 29.8 Å². The number of carbonyl (C=O) groups excluding carboxylic acids is 2. The molecular weight excluding hydrogens is 309 g/mol. The molecule has 0 atom stereocenters. The second-order valence-electron chi connectivity index (χ2n) is 4.50. The third kappa shape index (κ3) is 2.46. The Labute approximate surface area is 131 Å². The van der Waals surface area contributed by atoms with Crippen molar-refractivity contribution >= 4 is 46.3 Å². The molecular formula is C16H9Cl2NO2. The van der Waals surface area contributed by atoms with Crippen LogP contribution in [0.3, 0.4) is 0 Å². The number of hydrogen-bond acceptors (Lipinski definition) is 2. The fourth-order valence-corrected chi connectivity index (χ4v) is 2.46. The molecule has 0 unspecified atom stereocenters. The Morgan fingerprint density at radius 3 is 2.24 bits per heavy atom. The summed E-state index contributed by atoms with van der Waals surface area (Å²) in [6.45, 7) is 0. The van der Waals surface area contributed by atoms with Crippen LogP contribution in [0.1, 0.15) is 5.56 Å². The monoisotopic (exact) mass is 317 g/mol. The molecule has 2 aromatic rings. The number of anilines is 1.